The predicted octanol–water partition coefficient (Wildman–Crippen LogP) is 4.05. The SMILES string of the molecule is CCCCOc1cc2c(c(N)n1)NC(=O)CN2Cc1cc(Cl)cc(CN2CCCC2)c1. The van der Waals surface area contributed by atoms with Gasteiger partial charge >= 0.3 is 0 Å². The zero-order valence-corrected chi connectivity index (χ0v) is 18.7. The summed E-state index contributed by atoms with van der Waals surface area (Å²) in [5, 5.41) is 3.57. The molecule has 0 spiro atoms. The molecule has 7 nitrogen and oxygen atoms in total. The lowest BCUT2D eigenvalue weighted by atomic mass is 10.1. The summed E-state index contributed by atoms with van der Waals surface area (Å²) in [5.41, 5.74) is 9.76. The second-order valence-corrected chi connectivity index (χ2v) is 8.73. The first-order valence-electron chi connectivity index (χ1n) is 11.0. The van der Waals surface area contributed by atoms with Crippen LogP contribution in [0.4, 0.5) is 17.2 Å². The zero-order valence-electron chi connectivity index (χ0n) is 18.0. The van der Waals surface area contributed by atoms with Crippen LogP contribution in [0.5, 0.6) is 5.88 Å². The molecule has 2 aromatic rings. The largest absolute Gasteiger partial charge is 0.478 e. The molecule has 1 aromatic carbocycles. The summed E-state index contributed by atoms with van der Waals surface area (Å²) in [7, 11) is 0. The van der Waals surface area contributed by atoms with Crippen LogP contribution < -0.4 is 20.7 Å². The molecule has 0 aliphatic carbocycles. The molecule has 3 N–H and O–H groups in total. The number of amides is 1. The molecule has 0 unspecified atom stereocenters. The number of nitrogens with zero attached hydrogens (tertiary/aromatic N) is 3. The molecule has 0 radical (unpaired) electrons. The Hall–Kier alpha value is -2.51. The maximum Gasteiger partial charge on any atom is 0.244 e. The topological polar surface area (TPSA) is 83.7 Å². The molecule has 2 aliphatic heterocycles. The number of fused-ring (bicyclic) bond motifs is 1. The Morgan fingerprint density at radius 1 is 1.16 bits per heavy atom. The fourth-order valence-electron chi connectivity index (χ4n) is 4.20. The number of hydrogen-bond acceptors (Lipinski definition) is 6. The first kappa shape index (κ1) is 21.7. The average Bonchev–Trinajstić information content (AvgIpc) is 3.21. The molecule has 1 fully saturated rings. The number of unbranched alkanes of at least 4 members (excludes halogenated alkanes) is 1. The molecule has 0 bridgehead atoms. The number of nitrogen functional groups attached to an aromatic ring is 1. The second kappa shape index (κ2) is 9.75. The number of carbonyl (C=O) groups is 1. The van der Waals surface area contributed by atoms with E-state index < -0.39 is 0 Å². The van der Waals surface area contributed by atoms with Gasteiger partial charge in [-0.2, -0.15) is 4.98 Å². The van der Waals surface area contributed by atoms with Crippen molar-refractivity contribution in [2.45, 2.75) is 45.7 Å². The Bertz CT molecular complexity index is 946. The van der Waals surface area contributed by atoms with Crippen molar-refractivity contribution in [2.24, 2.45) is 0 Å². The molecule has 0 atom stereocenters. The molecule has 1 saturated heterocycles. The van der Waals surface area contributed by atoms with Gasteiger partial charge in [-0.15, -0.1) is 0 Å². The van der Waals surface area contributed by atoms with E-state index in [4.69, 9.17) is 22.1 Å². The Labute approximate surface area is 188 Å². The average molecular weight is 444 g/mol. The molecule has 1 amide bonds. The quantitative estimate of drug-likeness (QED) is 0.599. The van der Waals surface area contributed by atoms with Crippen molar-refractivity contribution in [3.05, 3.63) is 40.4 Å². The standard InChI is InChI=1S/C23H30ClN5O2/c1-2-3-8-31-21-12-19-22(23(25)27-21)26-20(30)15-29(19)14-17-9-16(10-18(24)11-17)13-28-6-4-5-7-28/h9-12H,2-8,13-15H2,1H3,(H2,25,27)(H,26,30). The van der Waals surface area contributed by atoms with Gasteiger partial charge in [0.15, 0.2) is 5.82 Å². The lowest BCUT2D eigenvalue weighted by Crippen LogP contribution is -2.38. The molecular formula is C23H30ClN5O2. The van der Waals surface area contributed by atoms with Crippen LogP contribution in [-0.2, 0) is 17.9 Å². The van der Waals surface area contributed by atoms with E-state index in [0.717, 1.165) is 43.7 Å². The van der Waals surface area contributed by atoms with Crippen molar-refractivity contribution in [2.75, 3.05) is 42.2 Å². The molecule has 1 aromatic heterocycles. The molecule has 31 heavy (non-hydrogen) atoms. The van der Waals surface area contributed by atoms with E-state index >= 15 is 0 Å². The monoisotopic (exact) mass is 443 g/mol. The summed E-state index contributed by atoms with van der Waals surface area (Å²) in [4.78, 5) is 21.1. The molecular weight excluding hydrogens is 414 g/mol. The van der Waals surface area contributed by atoms with Crippen LogP contribution >= 0.6 is 11.6 Å². The van der Waals surface area contributed by atoms with Gasteiger partial charge in [-0.3, -0.25) is 9.69 Å². The molecule has 4 rings (SSSR count). The first-order chi connectivity index (χ1) is 15.0. The third-order valence-corrected chi connectivity index (χ3v) is 5.90. The number of carbonyl (C=O) groups excluding carboxylic acids is 1. The first-order valence-corrected chi connectivity index (χ1v) is 11.4. The van der Waals surface area contributed by atoms with Crippen LogP contribution in [0.2, 0.25) is 5.02 Å². The van der Waals surface area contributed by atoms with Gasteiger partial charge in [0, 0.05) is 24.2 Å². The van der Waals surface area contributed by atoms with Crippen LogP contribution in [0.1, 0.15) is 43.7 Å². The van der Waals surface area contributed by atoms with Gasteiger partial charge < -0.3 is 20.7 Å². The number of ether oxygens (including phenoxy) is 1. The Morgan fingerprint density at radius 2 is 1.90 bits per heavy atom. The zero-order chi connectivity index (χ0) is 21.8. The van der Waals surface area contributed by atoms with Crippen molar-refractivity contribution in [1.82, 2.24) is 9.88 Å². The normalized spacial score (nSPS) is 16.3. The highest BCUT2D eigenvalue weighted by Gasteiger charge is 2.26. The number of rotatable bonds is 8. The lowest BCUT2D eigenvalue weighted by molar-refractivity contribution is -0.115. The summed E-state index contributed by atoms with van der Waals surface area (Å²) in [6.45, 7) is 6.64. The van der Waals surface area contributed by atoms with Gasteiger partial charge in [0.1, 0.15) is 5.69 Å². The molecule has 3 heterocycles. The Kier molecular flexibility index (Phi) is 6.83. The van der Waals surface area contributed by atoms with Gasteiger partial charge in [-0.1, -0.05) is 31.0 Å². The molecule has 0 saturated carbocycles. The number of aromatic nitrogens is 1. The third-order valence-electron chi connectivity index (χ3n) is 5.69. The third kappa shape index (κ3) is 5.40. The number of nitrogens with two attached hydrogens (primary N) is 1. The van der Waals surface area contributed by atoms with Crippen molar-refractivity contribution in [3.8, 4) is 5.88 Å². The number of anilines is 3. The van der Waals surface area contributed by atoms with E-state index in [0.29, 0.717) is 29.7 Å². The van der Waals surface area contributed by atoms with Gasteiger partial charge in [0.2, 0.25) is 11.8 Å². The second-order valence-electron chi connectivity index (χ2n) is 8.30. The Balaban J connectivity index is 1.57. The van der Waals surface area contributed by atoms with Gasteiger partial charge in [-0.05, 0) is 55.6 Å². The van der Waals surface area contributed by atoms with Crippen molar-refractivity contribution in [1.29, 1.82) is 0 Å². The van der Waals surface area contributed by atoms with E-state index in [2.05, 4.69) is 28.2 Å². The van der Waals surface area contributed by atoms with E-state index in [9.17, 15) is 4.79 Å². The minimum absolute atomic E-state index is 0.111. The van der Waals surface area contributed by atoms with Crippen LogP contribution in [-0.4, -0.2) is 42.0 Å². The van der Waals surface area contributed by atoms with Gasteiger partial charge in [0.05, 0.1) is 18.8 Å². The number of nitrogens with one attached hydrogen (secondary N) is 1. The van der Waals surface area contributed by atoms with Crippen LogP contribution in [0, 0.1) is 0 Å². The highest BCUT2D eigenvalue weighted by atomic mass is 35.5. The minimum Gasteiger partial charge on any atom is -0.478 e. The highest BCUT2D eigenvalue weighted by molar-refractivity contribution is 6.30. The highest BCUT2D eigenvalue weighted by Crippen LogP contribution is 2.37. The van der Waals surface area contributed by atoms with E-state index in [1.54, 1.807) is 0 Å². The summed E-state index contributed by atoms with van der Waals surface area (Å²) in [5.74, 6) is 0.634. The number of likely N-dealkylation sites (tertiary alicyclic amines) is 1. The molecule has 2 aliphatic rings. The number of pyridine rings is 1. The van der Waals surface area contributed by atoms with E-state index in [1.807, 2.05) is 23.1 Å². The van der Waals surface area contributed by atoms with Crippen molar-refractivity contribution < 1.29 is 9.53 Å². The summed E-state index contributed by atoms with van der Waals surface area (Å²) in [6.07, 6.45) is 4.50. The number of benzene rings is 1. The van der Waals surface area contributed by atoms with Crippen molar-refractivity contribution >= 4 is 34.7 Å². The van der Waals surface area contributed by atoms with E-state index in [-0.39, 0.29) is 18.3 Å². The van der Waals surface area contributed by atoms with Crippen LogP contribution in [0.25, 0.3) is 0 Å². The predicted molar refractivity (Wildman–Crippen MR) is 125 cm³/mol. The maximum atomic E-state index is 12.3. The Morgan fingerprint density at radius 3 is 2.65 bits per heavy atom. The number of hydrogen-bond donors (Lipinski definition) is 2. The maximum absolute atomic E-state index is 12.3. The summed E-state index contributed by atoms with van der Waals surface area (Å²) in [6, 6.07) is 8.03. The van der Waals surface area contributed by atoms with Crippen LogP contribution in [0.3, 0.4) is 0 Å². The van der Waals surface area contributed by atoms with Crippen molar-refractivity contribution in [3.63, 3.8) is 0 Å². The summed E-state index contributed by atoms with van der Waals surface area (Å²) >= 11 is 6.44. The van der Waals surface area contributed by atoms with E-state index in [1.165, 1.54) is 18.4 Å². The molecule has 166 valence electrons. The summed E-state index contributed by atoms with van der Waals surface area (Å²) < 4.78 is 5.77. The van der Waals surface area contributed by atoms with Crippen LogP contribution in [0.15, 0.2) is 24.3 Å². The lowest BCUT2D eigenvalue weighted by Gasteiger charge is -2.32. The fourth-order valence-corrected chi connectivity index (χ4v) is 4.48. The van der Waals surface area contributed by atoms with Gasteiger partial charge in [-0.25, -0.2) is 0 Å². The molecule has 8 heteroatoms. The van der Waals surface area contributed by atoms with Gasteiger partial charge in [0.25, 0.3) is 0 Å². The number of halogens is 1. The minimum atomic E-state index is -0.111. The smallest absolute Gasteiger partial charge is 0.244 e. The fraction of sp³-hybridized carbons (Fsp3) is 0.478.